The number of rotatable bonds is 2. The van der Waals surface area contributed by atoms with Crippen molar-refractivity contribution in [1.82, 2.24) is 0 Å². The molecule has 0 spiro atoms. The third kappa shape index (κ3) is 2.40. The second-order valence-corrected chi connectivity index (χ2v) is 4.65. The van der Waals surface area contributed by atoms with Gasteiger partial charge in [-0.3, -0.25) is 0 Å². The molecule has 2 unspecified atom stereocenters. The molecule has 2 atom stereocenters. The van der Waals surface area contributed by atoms with E-state index in [0.29, 0.717) is 12.0 Å². The van der Waals surface area contributed by atoms with Crippen LogP contribution < -0.4 is 5.73 Å². The van der Waals surface area contributed by atoms with Crippen molar-refractivity contribution >= 4 is 0 Å². The fraction of sp³-hybridized carbons (Fsp3) is 0.571. The van der Waals surface area contributed by atoms with Gasteiger partial charge in [-0.25, -0.2) is 0 Å². The van der Waals surface area contributed by atoms with Gasteiger partial charge >= 0.3 is 0 Å². The van der Waals surface area contributed by atoms with Crippen LogP contribution in [-0.2, 0) is 6.42 Å². The molecule has 1 saturated carbocycles. The van der Waals surface area contributed by atoms with Crippen molar-refractivity contribution in [2.45, 2.75) is 51.0 Å². The summed E-state index contributed by atoms with van der Waals surface area (Å²) in [7, 11) is 0. The molecule has 1 heteroatoms. The second kappa shape index (κ2) is 4.80. The number of aryl methyl sites for hydroxylation is 1. The molecule has 0 bridgehead atoms. The van der Waals surface area contributed by atoms with Crippen LogP contribution >= 0.6 is 0 Å². The molecule has 0 saturated heterocycles. The molecule has 1 aromatic rings. The summed E-state index contributed by atoms with van der Waals surface area (Å²) in [5, 5.41) is 0. The molecular formula is C14H21N. The van der Waals surface area contributed by atoms with Crippen LogP contribution in [0.4, 0.5) is 0 Å². The highest BCUT2D eigenvalue weighted by Gasteiger charge is 2.22. The van der Waals surface area contributed by atoms with E-state index >= 15 is 0 Å². The predicted octanol–water partition coefficient (Wildman–Crippen LogP) is 3.23. The van der Waals surface area contributed by atoms with Gasteiger partial charge in [0.25, 0.3) is 0 Å². The van der Waals surface area contributed by atoms with Gasteiger partial charge in [0.1, 0.15) is 0 Å². The molecule has 0 heterocycles. The summed E-state index contributed by atoms with van der Waals surface area (Å²) in [5.74, 6) is 0.602. The van der Waals surface area contributed by atoms with Gasteiger partial charge in [-0.2, -0.15) is 0 Å². The first-order valence-electron chi connectivity index (χ1n) is 6.15. The Morgan fingerprint density at radius 3 is 2.40 bits per heavy atom. The summed E-state index contributed by atoms with van der Waals surface area (Å²) in [6.07, 6.45) is 6.24. The maximum Gasteiger partial charge on any atom is 0.0108 e. The Kier molecular flexibility index (Phi) is 3.42. The van der Waals surface area contributed by atoms with E-state index in [9.17, 15) is 0 Å². The first kappa shape index (κ1) is 10.7. The van der Waals surface area contributed by atoms with E-state index in [1.165, 1.54) is 36.8 Å². The molecule has 0 radical (unpaired) electrons. The molecular weight excluding hydrogens is 182 g/mol. The molecule has 82 valence electrons. The van der Waals surface area contributed by atoms with Gasteiger partial charge in [-0.1, -0.05) is 44.0 Å². The summed E-state index contributed by atoms with van der Waals surface area (Å²) in [4.78, 5) is 0. The van der Waals surface area contributed by atoms with Crippen LogP contribution in [0.1, 0.15) is 49.7 Å². The van der Waals surface area contributed by atoms with E-state index in [1.807, 2.05) is 0 Å². The lowest BCUT2D eigenvalue weighted by atomic mass is 9.80. The normalized spacial score (nSPS) is 26.5. The average Bonchev–Trinajstić information content (AvgIpc) is 2.30. The van der Waals surface area contributed by atoms with Crippen LogP contribution in [0.25, 0.3) is 0 Å². The molecule has 1 fully saturated rings. The van der Waals surface area contributed by atoms with E-state index in [2.05, 4.69) is 31.2 Å². The Morgan fingerprint density at radius 1 is 1.13 bits per heavy atom. The first-order chi connectivity index (χ1) is 7.31. The Morgan fingerprint density at radius 2 is 1.80 bits per heavy atom. The van der Waals surface area contributed by atoms with Gasteiger partial charge in [0.2, 0.25) is 0 Å². The standard InChI is InChI=1S/C14H21N/c1-2-11-7-9-12(10-8-11)13-5-3-4-6-14(13)15/h7-10,13-14H,2-6,15H2,1H3. The zero-order valence-electron chi connectivity index (χ0n) is 9.58. The van der Waals surface area contributed by atoms with Crippen LogP contribution in [0.3, 0.4) is 0 Å². The highest BCUT2D eigenvalue weighted by Crippen LogP contribution is 2.31. The van der Waals surface area contributed by atoms with Crippen LogP contribution in [0.2, 0.25) is 0 Å². The van der Waals surface area contributed by atoms with Crippen molar-refractivity contribution in [2.75, 3.05) is 0 Å². The largest absolute Gasteiger partial charge is 0.327 e. The van der Waals surface area contributed by atoms with Crippen molar-refractivity contribution in [3.05, 3.63) is 35.4 Å². The summed E-state index contributed by atoms with van der Waals surface area (Å²) in [5.41, 5.74) is 9.05. The highest BCUT2D eigenvalue weighted by atomic mass is 14.7. The topological polar surface area (TPSA) is 26.0 Å². The first-order valence-corrected chi connectivity index (χ1v) is 6.15. The van der Waals surface area contributed by atoms with Crippen molar-refractivity contribution in [3.8, 4) is 0 Å². The minimum atomic E-state index is 0.381. The maximum atomic E-state index is 6.18. The number of nitrogens with two attached hydrogens (primary N) is 1. The lowest BCUT2D eigenvalue weighted by Gasteiger charge is -2.29. The average molecular weight is 203 g/mol. The fourth-order valence-electron chi connectivity index (χ4n) is 2.57. The van der Waals surface area contributed by atoms with Crippen LogP contribution in [0.5, 0.6) is 0 Å². The zero-order valence-corrected chi connectivity index (χ0v) is 9.58. The maximum absolute atomic E-state index is 6.18. The van der Waals surface area contributed by atoms with E-state index in [4.69, 9.17) is 5.73 Å². The highest BCUT2D eigenvalue weighted by molar-refractivity contribution is 5.26. The summed E-state index contributed by atoms with van der Waals surface area (Å²) in [6, 6.07) is 9.42. The zero-order chi connectivity index (χ0) is 10.7. The van der Waals surface area contributed by atoms with Gasteiger partial charge in [-0.05, 0) is 36.3 Å². The van der Waals surface area contributed by atoms with Gasteiger partial charge in [0.15, 0.2) is 0 Å². The monoisotopic (exact) mass is 203 g/mol. The third-order valence-electron chi connectivity index (χ3n) is 3.64. The molecule has 1 nitrogen and oxygen atoms in total. The van der Waals surface area contributed by atoms with Gasteiger partial charge in [0.05, 0.1) is 0 Å². The molecule has 1 aromatic carbocycles. The third-order valence-corrected chi connectivity index (χ3v) is 3.64. The molecule has 2 N–H and O–H groups in total. The Bertz CT molecular complexity index is 302. The SMILES string of the molecule is CCc1ccc(C2CCCCC2N)cc1. The summed E-state index contributed by atoms with van der Waals surface area (Å²) < 4.78 is 0. The Hall–Kier alpha value is -0.820. The number of hydrogen-bond acceptors (Lipinski definition) is 1. The van der Waals surface area contributed by atoms with Crippen LogP contribution in [-0.4, -0.2) is 6.04 Å². The Balaban J connectivity index is 2.13. The van der Waals surface area contributed by atoms with Gasteiger partial charge in [-0.15, -0.1) is 0 Å². The van der Waals surface area contributed by atoms with Crippen molar-refractivity contribution in [3.63, 3.8) is 0 Å². The molecule has 15 heavy (non-hydrogen) atoms. The van der Waals surface area contributed by atoms with Gasteiger partial charge in [0, 0.05) is 6.04 Å². The van der Waals surface area contributed by atoms with E-state index in [-0.39, 0.29) is 0 Å². The minimum absolute atomic E-state index is 0.381. The van der Waals surface area contributed by atoms with E-state index in [0.717, 1.165) is 6.42 Å². The van der Waals surface area contributed by atoms with Crippen LogP contribution in [0.15, 0.2) is 24.3 Å². The second-order valence-electron chi connectivity index (χ2n) is 4.65. The molecule has 1 aliphatic rings. The minimum Gasteiger partial charge on any atom is -0.327 e. The van der Waals surface area contributed by atoms with Crippen molar-refractivity contribution in [2.24, 2.45) is 5.73 Å². The Labute approximate surface area is 92.7 Å². The molecule has 0 aliphatic heterocycles. The molecule has 1 aliphatic carbocycles. The lowest BCUT2D eigenvalue weighted by molar-refractivity contribution is 0.385. The number of benzene rings is 1. The van der Waals surface area contributed by atoms with E-state index < -0.39 is 0 Å². The predicted molar refractivity (Wildman–Crippen MR) is 65.0 cm³/mol. The number of hydrogen-bond donors (Lipinski definition) is 1. The lowest BCUT2D eigenvalue weighted by Crippen LogP contribution is -2.31. The molecule has 2 rings (SSSR count). The summed E-state index contributed by atoms with van der Waals surface area (Å²) in [6.45, 7) is 2.20. The van der Waals surface area contributed by atoms with Gasteiger partial charge < -0.3 is 5.73 Å². The van der Waals surface area contributed by atoms with Crippen molar-refractivity contribution < 1.29 is 0 Å². The fourth-order valence-corrected chi connectivity index (χ4v) is 2.57. The quantitative estimate of drug-likeness (QED) is 0.784. The smallest absolute Gasteiger partial charge is 0.0108 e. The molecule has 0 aromatic heterocycles. The summed E-state index contributed by atoms with van der Waals surface area (Å²) >= 11 is 0. The van der Waals surface area contributed by atoms with Crippen LogP contribution in [0, 0.1) is 0 Å². The van der Waals surface area contributed by atoms with E-state index in [1.54, 1.807) is 0 Å². The van der Waals surface area contributed by atoms with Crippen molar-refractivity contribution in [1.29, 1.82) is 0 Å². The molecule has 0 amide bonds.